The molecule has 0 aliphatic carbocycles. The first-order valence-corrected chi connectivity index (χ1v) is 6.98. The number of hydrogen-bond acceptors (Lipinski definition) is 3. The fourth-order valence-electron chi connectivity index (χ4n) is 2.64. The monoisotopic (exact) mass is 265 g/mol. The van der Waals surface area contributed by atoms with Gasteiger partial charge in [0.1, 0.15) is 0 Å². The molecule has 1 N–H and O–H groups in total. The van der Waals surface area contributed by atoms with Gasteiger partial charge < -0.3 is 5.11 Å². The number of aromatic nitrogens is 2. The van der Waals surface area contributed by atoms with Gasteiger partial charge in [-0.15, -0.1) is 0 Å². The Morgan fingerprint density at radius 1 is 1.58 bits per heavy atom. The van der Waals surface area contributed by atoms with Gasteiger partial charge in [0.2, 0.25) is 0 Å². The lowest BCUT2D eigenvalue weighted by molar-refractivity contribution is -0.144. The van der Waals surface area contributed by atoms with Gasteiger partial charge in [0.25, 0.3) is 0 Å². The van der Waals surface area contributed by atoms with Crippen LogP contribution in [0.4, 0.5) is 0 Å². The van der Waals surface area contributed by atoms with Crippen LogP contribution in [0.25, 0.3) is 0 Å². The molecule has 0 radical (unpaired) electrons. The molecular weight excluding hydrogens is 242 g/mol. The van der Waals surface area contributed by atoms with E-state index in [0.29, 0.717) is 12.1 Å². The van der Waals surface area contributed by atoms with Crippen molar-refractivity contribution in [2.45, 2.75) is 52.2 Å². The van der Waals surface area contributed by atoms with Crippen molar-refractivity contribution in [3.05, 3.63) is 18.0 Å². The highest BCUT2D eigenvalue weighted by atomic mass is 16.4. The second-order valence-corrected chi connectivity index (χ2v) is 5.76. The highest BCUT2D eigenvalue weighted by Crippen LogP contribution is 2.24. The topological polar surface area (TPSA) is 58.4 Å². The summed E-state index contributed by atoms with van der Waals surface area (Å²) in [5, 5.41) is 13.6. The Hall–Kier alpha value is -1.36. The molecule has 2 atom stereocenters. The quantitative estimate of drug-likeness (QED) is 0.906. The van der Waals surface area contributed by atoms with Gasteiger partial charge in [-0.1, -0.05) is 0 Å². The first-order chi connectivity index (χ1) is 8.97. The van der Waals surface area contributed by atoms with Crippen LogP contribution in [0, 0.1) is 5.92 Å². The third-order valence-electron chi connectivity index (χ3n) is 3.92. The lowest BCUT2D eigenvalue weighted by atomic mass is 9.91. The van der Waals surface area contributed by atoms with Gasteiger partial charge in [0.15, 0.2) is 0 Å². The molecule has 1 fully saturated rings. The van der Waals surface area contributed by atoms with E-state index < -0.39 is 5.97 Å². The van der Waals surface area contributed by atoms with Gasteiger partial charge in [-0.05, 0) is 46.2 Å². The summed E-state index contributed by atoms with van der Waals surface area (Å²) in [6.07, 6.45) is 3.49. The summed E-state index contributed by atoms with van der Waals surface area (Å²) >= 11 is 0. The van der Waals surface area contributed by atoms with Crippen molar-refractivity contribution in [2.75, 3.05) is 6.54 Å². The zero-order valence-electron chi connectivity index (χ0n) is 11.9. The van der Waals surface area contributed by atoms with Crippen LogP contribution in [0.1, 0.15) is 45.3 Å². The van der Waals surface area contributed by atoms with Crippen LogP contribution in [0.2, 0.25) is 0 Å². The Labute approximate surface area is 114 Å². The number of likely N-dealkylation sites (tertiary alicyclic amines) is 1. The predicted molar refractivity (Wildman–Crippen MR) is 72.8 cm³/mol. The molecule has 2 rings (SSSR count). The minimum atomic E-state index is -0.657. The SMILES string of the molecule is CC1CC(C(=O)O)CCN1Cc1ccn(C(C)C)n1. The molecule has 5 nitrogen and oxygen atoms in total. The second-order valence-electron chi connectivity index (χ2n) is 5.76. The lowest BCUT2D eigenvalue weighted by Crippen LogP contribution is -2.42. The molecule has 0 saturated carbocycles. The molecule has 0 amide bonds. The Morgan fingerprint density at radius 2 is 2.32 bits per heavy atom. The highest BCUT2D eigenvalue weighted by molar-refractivity contribution is 5.70. The van der Waals surface area contributed by atoms with E-state index in [2.05, 4.69) is 36.8 Å². The fourth-order valence-corrected chi connectivity index (χ4v) is 2.64. The van der Waals surface area contributed by atoms with E-state index in [-0.39, 0.29) is 5.92 Å². The normalized spacial score (nSPS) is 24.8. The van der Waals surface area contributed by atoms with E-state index in [1.165, 1.54) is 0 Å². The predicted octanol–water partition coefficient (Wildman–Crippen LogP) is 2.15. The lowest BCUT2D eigenvalue weighted by Gasteiger charge is -2.35. The maximum atomic E-state index is 11.0. The molecule has 2 unspecified atom stereocenters. The number of piperidine rings is 1. The summed E-state index contributed by atoms with van der Waals surface area (Å²) in [4.78, 5) is 13.3. The van der Waals surface area contributed by atoms with Crippen molar-refractivity contribution in [2.24, 2.45) is 5.92 Å². The van der Waals surface area contributed by atoms with Gasteiger partial charge in [0.05, 0.1) is 11.6 Å². The number of carbonyl (C=O) groups is 1. The molecule has 0 spiro atoms. The summed E-state index contributed by atoms with van der Waals surface area (Å²) in [6.45, 7) is 7.98. The largest absolute Gasteiger partial charge is 0.481 e. The van der Waals surface area contributed by atoms with Crippen LogP contribution in [0.3, 0.4) is 0 Å². The van der Waals surface area contributed by atoms with Crippen molar-refractivity contribution in [3.63, 3.8) is 0 Å². The molecule has 0 aromatic carbocycles. The molecule has 106 valence electrons. The van der Waals surface area contributed by atoms with E-state index in [9.17, 15) is 4.79 Å². The Kier molecular flexibility index (Phi) is 4.24. The number of carboxylic acid groups (broad SMARTS) is 1. The number of rotatable bonds is 4. The smallest absolute Gasteiger partial charge is 0.306 e. The van der Waals surface area contributed by atoms with Gasteiger partial charge in [-0.2, -0.15) is 5.10 Å². The average Bonchev–Trinajstić information content (AvgIpc) is 2.80. The summed E-state index contributed by atoms with van der Waals surface area (Å²) < 4.78 is 1.96. The number of carboxylic acids is 1. The second kappa shape index (κ2) is 5.74. The van der Waals surface area contributed by atoms with E-state index in [0.717, 1.165) is 31.6 Å². The fraction of sp³-hybridized carbons (Fsp3) is 0.714. The zero-order chi connectivity index (χ0) is 14.0. The molecule has 0 bridgehead atoms. The van der Waals surface area contributed by atoms with Crippen LogP contribution >= 0.6 is 0 Å². The maximum absolute atomic E-state index is 11.0. The number of hydrogen-bond donors (Lipinski definition) is 1. The van der Waals surface area contributed by atoms with Gasteiger partial charge in [0, 0.05) is 24.8 Å². The van der Waals surface area contributed by atoms with Crippen LogP contribution in [-0.4, -0.2) is 38.3 Å². The molecular formula is C14H23N3O2. The molecule has 1 aromatic heterocycles. The average molecular weight is 265 g/mol. The summed E-state index contributed by atoms with van der Waals surface area (Å²) in [5.74, 6) is -0.838. The van der Waals surface area contributed by atoms with E-state index in [1.54, 1.807) is 0 Å². The van der Waals surface area contributed by atoms with Gasteiger partial charge >= 0.3 is 5.97 Å². The van der Waals surface area contributed by atoms with Crippen molar-refractivity contribution in [3.8, 4) is 0 Å². The van der Waals surface area contributed by atoms with Crippen molar-refractivity contribution >= 4 is 5.97 Å². The first-order valence-electron chi connectivity index (χ1n) is 6.98. The van der Waals surface area contributed by atoms with Gasteiger partial charge in [-0.3, -0.25) is 14.4 Å². The van der Waals surface area contributed by atoms with Gasteiger partial charge in [-0.25, -0.2) is 0 Å². The Balaban J connectivity index is 1.94. The molecule has 1 saturated heterocycles. The number of nitrogens with zero attached hydrogens (tertiary/aromatic N) is 3. The molecule has 19 heavy (non-hydrogen) atoms. The molecule has 1 aliphatic heterocycles. The van der Waals surface area contributed by atoms with E-state index in [4.69, 9.17) is 5.11 Å². The van der Waals surface area contributed by atoms with Crippen LogP contribution in [0.15, 0.2) is 12.3 Å². The van der Waals surface area contributed by atoms with Crippen LogP contribution in [-0.2, 0) is 11.3 Å². The van der Waals surface area contributed by atoms with E-state index in [1.807, 2.05) is 10.9 Å². The van der Waals surface area contributed by atoms with E-state index >= 15 is 0 Å². The first kappa shape index (κ1) is 14.1. The Morgan fingerprint density at radius 3 is 2.84 bits per heavy atom. The Bertz CT molecular complexity index is 442. The highest BCUT2D eigenvalue weighted by Gasteiger charge is 2.29. The van der Waals surface area contributed by atoms with Crippen molar-refractivity contribution in [1.29, 1.82) is 0 Å². The summed E-state index contributed by atoms with van der Waals surface area (Å²) in [7, 11) is 0. The van der Waals surface area contributed by atoms with Crippen molar-refractivity contribution in [1.82, 2.24) is 14.7 Å². The molecule has 1 aliphatic rings. The zero-order valence-corrected chi connectivity index (χ0v) is 11.9. The number of aliphatic carboxylic acids is 1. The van der Waals surface area contributed by atoms with Crippen molar-refractivity contribution < 1.29 is 9.90 Å². The molecule has 1 aromatic rings. The summed E-state index contributed by atoms with van der Waals surface area (Å²) in [6, 6.07) is 2.73. The molecule has 2 heterocycles. The van der Waals surface area contributed by atoms with Crippen LogP contribution in [0.5, 0.6) is 0 Å². The molecule has 5 heteroatoms. The minimum absolute atomic E-state index is 0.181. The standard InChI is InChI=1S/C14H23N3O2/c1-10(2)17-7-5-13(15-17)9-16-6-4-12(14(18)19)8-11(16)3/h5,7,10-12H,4,6,8-9H2,1-3H3,(H,18,19). The summed E-state index contributed by atoms with van der Waals surface area (Å²) in [5.41, 5.74) is 1.06. The van der Waals surface area contributed by atoms with Crippen LogP contribution < -0.4 is 0 Å². The third-order valence-corrected chi connectivity index (χ3v) is 3.92. The minimum Gasteiger partial charge on any atom is -0.481 e. The maximum Gasteiger partial charge on any atom is 0.306 e. The third kappa shape index (κ3) is 3.35.